The van der Waals surface area contributed by atoms with Gasteiger partial charge >= 0.3 is 0 Å². The molecule has 0 spiro atoms. The molecule has 0 aromatic heterocycles. The molecule has 3 atom stereocenters. The molecule has 2 nitrogen and oxygen atoms in total. The molecule has 0 radical (unpaired) electrons. The van der Waals surface area contributed by atoms with Crippen LogP contribution in [0, 0.1) is 16.7 Å². The molecule has 2 heteroatoms. The molecule has 3 N–H and O–H groups in total. The van der Waals surface area contributed by atoms with Crippen LogP contribution < -0.4 is 11.1 Å². The molecule has 0 amide bonds. The van der Waals surface area contributed by atoms with Gasteiger partial charge in [0.05, 0.1) is 0 Å². The zero-order valence-corrected chi connectivity index (χ0v) is 9.77. The van der Waals surface area contributed by atoms with E-state index in [1.54, 1.807) is 0 Å². The maximum absolute atomic E-state index is 5.55. The molecule has 2 rings (SSSR count). The van der Waals surface area contributed by atoms with Crippen LogP contribution in [0.2, 0.25) is 0 Å². The first-order chi connectivity index (χ1) is 6.52. The first-order valence-electron chi connectivity index (χ1n) is 5.96. The maximum atomic E-state index is 5.55. The molecule has 0 aromatic rings. The highest BCUT2D eigenvalue weighted by Crippen LogP contribution is 2.65. The van der Waals surface area contributed by atoms with Crippen LogP contribution in [0.5, 0.6) is 0 Å². The van der Waals surface area contributed by atoms with Crippen molar-refractivity contribution < 1.29 is 0 Å². The topological polar surface area (TPSA) is 38.0 Å². The summed E-state index contributed by atoms with van der Waals surface area (Å²) in [7, 11) is 0. The van der Waals surface area contributed by atoms with Gasteiger partial charge in [-0.05, 0) is 36.0 Å². The second kappa shape index (κ2) is 3.21. The lowest BCUT2D eigenvalue weighted by Gasteiger charge is -2.39. The van der Waals surface area contributed by atoms with Crippen LogP contribution in [-0.2, 0) is 0 Å². The molecule has 2 saturated carbocycles. The molecule has 3 unspecified atom stereocenters. The van der Waals surface area contributed by atoms with Crippen molar-refractivity contribution in [3.05, 3.63) is 0 Å². The highest BCUT2D eigenvalue weighted by atomic mass is 15.0. The Morgan fingerprint density at radius 2 is 2.07 bits per heavy atom. The van der Waals surface area contributed by atoms with Crippen LogP contribution >= 0.6 is 0 Å². The van der Waals surface area contributed by atoms with Gasteiger partial charge in [-0.3, -0.25) is 0 Å². The second-order valence-corrected chi connectivity index (χ2v) is 5.91. The van der Waals surface area contributed by atoms with Crippen LogP contribution in [0.15, 0.2) is 0 Å². The highest BCUT2D eigenvalue weighted by molar-refractivity contribution is 5.12. The third-order valence-corrected chi connectivity index (χ3v) is 5.33. The lowest BCUT2D eigenvalue weighted by molar-refractivity contribution is 0.122. The van der Waals surface area contributed by atoms with Crippen molar-refractivity contribution in [1.29, 1.82) is 0 Å². The summed E-state index contributed by atoms with van der Waals surface area (Å²) in [6.07, 6.45) is 4.20. The molecular weight excluding hydrogens is 172 g/mol. The van der Waals surface area contributed by atoms with Crippen molar-refractivity contribution in [2.24, 2.45) is 22.5 Å². The Morgan fingerprint density at radius 3 is 2.50 bits per heavy atom. The molecule has 14 heavy (non-hydrogen) atoms. The number of rotatable bonds is 3. The van der Waals surface area contributed by atoms with E-state index in [0.717, 1.165) is 19.0 Å². The Hall–Kier alpha value is -0.0800. The normalized spacial score (nSPS) is 44.6. The fourth-order valence-corrected chi connectivity index (χ4v) is 3.77. The first-order valence-corrected chi connectivity index (χ1v) is 5.96. The van der Waals surface area contributed by atoms with Crippen molar-refractivity contribution >= 4 is 0 Å². The summed E-state index contributed by atoms with van der Waals surface area (Å²) in [6.45, 7) is 9.11. The summed E-state index contributed by atoms with van der Waals surface area (Å²) >= 11 is 0. The van der Waals surface area contributed by atoms with Gasteiger partial charge in [-0.2, -0.15) is 0 Å². The molecule has 2 aliphatic carbocycles. The molecule has 0 heterocycles. The number of hydrogen-bond donors (Lipinski definition) is 2. The number of nitrogens with two attached hydrogens (primary N) is 1. The SMILES string of the molecule is CC1(C)C2CCC1(C)C(NCCN)C2. The van der Waals surface area contributed by atoms with Gasteiger partial charge in [0.1, 0.15) is 0 Å². The van der Waals surface area contributed by atoms with Crippen LogP contribution in [0.1, 0.15) is 40.0 Å². The van der Waals surface area contributed by atoms with Crippen molar-refractivity contribution in [3.63, 3.8) is 0 Å². The summed E-state index contributed by atoms with van der Waals surface area (Å²) < 4.78 is 0. The summed E-state index contributed by atoms with van der Waals surface area (Å²) in [5.74, 6) is 0.933. The number of fused-ring (bicyclic) bond motifs is 2. The van der Waals surface area contributed by atoms with E-state index in [4.69, 9.17) is 5.73 Å². The Labute approximate surface area is 87.6 Å². The second-order valence-electron chi connectivity index (χ2n) is 5.91. The predicted octanol–water partition coefficient (Wildman–Crippen LogP) is 1.75. The minimum absolute atomic E-state index is 0.507. The lowest BCUT2D eigenvalue weighted by Crippen LogP contribution is -2.45. The largest absolute Gasteiger partial charge is 0.329 e. The summed E-state index contributed by atoms with van der Waals surface area (Å²) in [5, 5.41) is 3.63. The fraction of sp³-hybridized carbons (Fsp3) is 1.00. The zero-order valence-electron chi connectivity index (χ0n) is 9.77. The van der Waals surface area contributed by atoms with Gasteiger partial charge in [0, 0.05) is 19.1 Å². The maximum Gasteiger partial charge on any atom is 0.0129 e. The van der Waals surface area contributed by atoms with Crippen LogP contribution in [0.25, 0.3) is 0 Å². The molecule has 0 aromatic carbocycles. The molecule has 2 fully saturated rings. The van der Waals surface area contributed by atoms with E-state index in [0.29, 0.717) is 16.9 Å². The van der Waals surface area contributed by atoms with Crippen LogP contribution in [-0.4, -0.2) is 19.1 Å². The quantitative estimate of drug-likeness (QED) is 0.721. The summed E-state index contributed by atoms with van der Waals surface area (Å²) in [5.41, 5.74) is 6.59. The third kappa shape index (κ3) is 1.17. The molecule has 2 bridgehead atoms. The van der Waals surface area contributed by atoms with Crippen molar-refractivity contribution in [1.82, 2.24) is 5.32 Å². The van der Waals surface area contributed by atoms with Crippen molar-refractivity contribution in [2.45, 2.75) is 46.1 Å². The van der Waals surface area contributed by atoms with E-state index >= 15 is 0 Å². The fourth-order valence-electron chi connectivity index (χ4n) is 3.77. The standard InChI is InChI=1S/C12H24N2/c1-11(2)9-4-5-12(11,3)10(8-9)14-7-6-13/h9-10,14H,4-8,13H2,1-3H3. The minimum Gasteiger partial charge on any atom is -0.329 e. The molecule has 2 aliphatic rings. The van der Waals surface area contributed by atoms with E-state index in [-0.39, 0.29) is 0 Å². The molecule has 82 valence electrons. The van der Waals surface area contributed by atoms with E-state index in [9.17, 15) is 0 Å². The Kier molecular flexibility index (Phi) is 2.39. The van der Waals surface area contributed by atoms with Gasteiger partial charge in [-0.1, -0.05) is 20.8 Å². The van der Waals surface area contributed by atoms with E-state index in [1.165, 1.54) is 19.3 Å². The third-order valence-electron chi connectivity index (χ3n) is 5.33. The minimum atomic E-state index is 0.507. The highest BCUT2D eigenvalue weighted by Gasteiger charge is 2.60. The van der Waals surface area contributed by atoms with Gasteiger partial charge in [0.15, 0.2) is 0 Å². The monoisotopic (exact) mass is 196 g/mol. The van der Waals surface area contributed by atoms with E-state index in [1.807, 2.05) is 0 Å². The zero-order chi connectivity index (χ0) is 10.4. The average Bonchev–Trinajstić information content (AvgIpc) is 2.46. The van der Waals surface area contributed by atoms with Crippen molar-refractivity contribution in [3.8, 4) is 0 Å². The van der Waals surface area contributed by atoms with Crippen molar-refractivity contribution in [2.75, 3.05) is 13.1 Å². The summed E-state index contributed by atoms with van der Waals surface area (Å²) in [6, 6.07) is 0.708. The van der Waals surface area contributed by atoms with Crippen LogP contribution in [0.4, 0.5) is 0 Å². The Balaban J connectivity index is 2.11. The van der Waals surface area contributed by atoms with E-state index < -0.39 is 0 Å². The average molecular weight is 196 g/mol. The summed E-state index contributed by atoms with van der Waals surface area (Å²) in [4.78, 5) is 0. The number of hydrogen-bond acceptors (Lipinski definition) is 2. The number of nitrogens with one attached hydrogen (secondary N) is 1. The van der Waals surface area contributed by atoms with Gasteiger partial charge < -0.3 is 11.1 Å². The van der Waals surface area contributed by atoms with Gasteiger partial charge in [-0.15, -0.1) is 0 Å². The lowest BCUT2D eigenvalue weighted by atomic mass is 9.69. The molecular formula is C12H24N2. The Bertz CT molecular complexity index is 224. The van der Waals surface area contributed by atoms with E-state index in [2.05, 4.69) is 26.1 Å². The molecule has 0 aliphatic heterocycles. The Morgan fingerprint density at radius 1 is 1.36 bits per heavy atom. The van der Waals surface area contributed by atoms with Gasteiger partial charge in [-0.25, -0.2) is 0 Å². The van der Waals surface area contributed by atoms with Gasteiger partial charge in [0.25, 0.3) is 0 Å². The smallest absolute Gasteiger partial charge is 0.0129 e. The van der Waals surface area contributed by atoms with Gasteiger partial charge in [0.2, 0.25) is 0 Å². The van der Waals surface area contributed by atoms with Crippen LogP contribution in [0.3, 0.4) is 0 Å². The molecule has 0 saturated heterocycles. The predicted molar refractivity (Wildman–Crippen MR) is 60.1 cm³/mol. The first kappa shape index (κ1) is 10.4.